The predicted octanol–water partition coefficient (Wildman–Crippen LogP) is 4.82. The Hall–Kier alpha value is -2.36. The van der Waals surface area contributed by atoms with Crippen LogP contribution in [-0.2, 0) is 14.3 Å². The van der Waals surface area contributed by atoms with E-state index in [-0.39, 0.29) is 22.6 Å². The van der Waals surface area contributed by atoms with Crippen molar-refractivity contribution in [3.8, 4) is 5.75 Å². The minimum Gasteiger partial charge on any atom is -0.496 e. The van der Waals surface area contributed by atoms with E-state index in [0.29, 0.717) is 17.9 Å². The third kappa shape index (κ3) is 5.13. The first-order valence-corrected chi connectivity index (χ1v) is 12.6. The molecule has 1 aliphatic heterocycles. The lowest BCUT2D eigenvalue weighted by Gasteiger charge is -2.20. The quantitative estimate of drug-likeness (QED) is 0.106. The second-order valence-electron chi connectivity index (χ2n) is 6.96. The number of amides is 3. The summed E-state index contributed by atoms with van der Waals surface area (Å²) < 4.78 is 11.5. The maximum absolute atomic E-state index is 13.0. The number of hydrogen-bond acceptors (Lipinski definition) is 8. The fourth-order valence-electron chi connectivity index (χ4n) is 3.16. The Kier molecular flexibility index (Phi) is 8.34. The zero-order valence-corrected chi connectivity index (χ0v) is 24.0. The van der Waals surface area contributed by atoms with Crippen molar-refractivity contribution in [1.82, 2.24) is 4.90 Å². The topological polar surface area (TPSA) is 145 Å². The standard InChI is InChI=1S/C20H13Br4N3O8/c1-7(26-18(29)12-13(19(26)30)15(22)17(24)16(23)14(12)21)20(31)35-6-11(28)25-9-4-3-8(34-2)5-10(9)27(32)33/h3-5,7H,6H2,1-2H3,(H,25,28). The van der Waals surface area contributed by atoms with Gasteiger partial charge in [0.25, 0.3) is 23.4 Å². The van der Waals surface area contributed by atoms with Gasteiger partial charge in [-0.15, -0.1) is 0 Å². The molecule has 0 radical (unpaired) electrons. The highest BCUT2D eigenvalue weighted by molar-refractivity contribution is 9.15. The van der Waals surface area contributed by atoms with Crippen molar-refractivity contribution in [2.45, 2.75) is 13.0 Å². The van der Waals surface area contributed by atoms with E-state index in [1.165, 1.54) is 26.2 Å². The molecule has 15 heteroatoms. The molecule has 1 heterocycles. The zero-order valence-electron chi connectivity index (χ0n) is 17.7. The summed E-state index contributed by atoms with van der Waals surface area (Å²) in [5.41, 5.74) is -0.435. The van der Waals surface area contributed by atoms with Crippen LogP contribution in [0.15, 0.2) is 36.1 Å². The first-order chi connectivity index (χ1) is 16.4. The minimum atomic E-state index is -1.36. The van der Waals surface area contributed by atoms with E-state index in [0.717, 1.165) is 11.0 Å². The molecule has 0 aliphatic carbocycles. The van der Waals surface area contributed by atoms with Crippen molar-refractivity contribution in [3.05, 3.63) is 57.3 Å². The summed E-state index contributed by atoms with van der Waals surface area (Å²) in [7, 11) is 1.33. The number of halogens is 4. The third-order valence-corrected chi connectivity index (χ3v) is 9.65. The normalized spacial score (nSPS) is 13.4. The molecule has 0 aromatic heterocycles. The highest BCUT2D eigenvalue weighted by atomic mass is 79.9. The number of nitro benzene ring substituents is 1. The third-order valence-electron chi connectivity index (χ3n) is 4.88. The van der Waals surface area contributed by atoms with Crippen LogP contribution in [0.2, 0.25) is 0 Å². The van der Waals surface area contributed by atoms with Gasteiger partial charge in [-0.25, -0.2) is 4.79 Å². The van der Waals surface area contributed by atoms with E-state index in [1.807, 2.05) is 0 Å². The van der Waals surface area contributed by atoms with Crippen LogP contribution < -0.4 is 10.1 Å². The van der Waals surface area contributed by atoms with E-state index >= 15 is 0 Å². The van der Waals surface area contributed by atoms with Crippen LogP contribution in [0, 0.1) is 10.1 Å². The van der Waals surface area contributed by atoms with Gasteiger partial charge in [-0.1, -0.05) is 0 Å². The second kappa shape index (κ2) is 10.7. The van der Waals surface area contributed by atoms with Gasteiger partial charge < -0.3 is 14.8 Å². The average molecular weight is 743 g/mol. The molecule has 184 valence electrons. The summed E-state index contributed by atoms with van der Waals surface area (Å²) in [4.78, 5) is 62.1. The van der Waals surface area contributed by atoms with E-state index < -0.39 is 47.0 Å². The largest absolute Gasteiger partial charge is 0.496 e. The number of carbonyl (C=O) groups excluding carboxylic acids is 4. The van der Waals surface area contributed by atoms with E-state index in [1.54, 1.807) is 0 Å². The van der Waals surface area contributed by atoms with Crippen molar-refractivity contribution in [2.24, 2.45) is 0 Å². The van der Waals surface area contributed by atoms with E-state index in [9.17, 15) is 29.3 Å². The smallest absolute Gasteiger partial charge is 0.329 e. The Balaban J connectivity index is 1.72. The highest BCUT2D eigenvalue weighted by Gasteiger charge is 2.45. The molecule has 1 atom stereocenters. The van der Waals surface area contributed by atoms with E-state index in [2.05, 4.69) is 69.0 Å². The molecule has 1 N–H and O–H groups in total. The van der Waals surface area contributed by atoms with Crippen molar-refractivity contribution in [1.29, 1.82) is 0 Å². The molecule has 0 spiro atoms. The molecule has 0 fully saturated rings. The molecular formula is C20H13Br4N3O8. The van der Waals surface area contributed by atoms with Crippen LogP contribution >= 0.6 is 63.7 Å². The number of nitrogens with zero attached hydrogens (tertiary/aromatic N) is 2. The van der Waals surface area contributed by atoms with Crippen LogP contribution in [0.3, 0.4) is 0 Å². The number of fused-ring (bicyclic) bond motifs is 1. The molecule has 0 saturated carbocycles. The highest BCUT2D eigenvalue weighted by Crippen LogP contribution is 2.45. The van der Waals surface area contributed by atoms with Gasteiger partial charge in [-0.2, -0.15) is 0 Å². The first kappa shape index (κ1) is 27.2. The molecule has 1 unspecified atom stereocenters. The summed E-state index contributed by atoms with van der Waals surface area (Å²) in [6.45, 7) is 0.474. The molecule has 0 bridgehead atoms. The van der Waals surface area contributed by atoms with Crippen LogP contribution in [0.5, 0.6) is 5.75 Å². The Morgan fingerprint density at radius 3 is 2.09 bits per heavy atom. The van der Waals surface area contributed by atoms with Gasteiger partial charge in [-0.3, -0.25) is 29.4 Å². The van der Waals surface area contributed by atoms with Crippen molar-refractivity contribution >= 4 is 98.8 Å². The predicted molar refractivity (Wildman–Crippen MR) is 136 cm³/mol. The van der Waals surface area contributed by atoms with Gasteiger partial charge in [-0.05, 0) is 82.8 Å². The van der Waals surface area contributed by atoms with Gasteiger partial charge in [0.2, 0.25) is 0 Å². The molecule has 1 aliphatic rings. The van der Waals surface area contributed by atoms with Crippen LogP contribution in [0.1, 0.15) is 27.6 Å². The van der Waals surface area contributed by atoms with Crippen LogP contribution in [0.4, 0.5) is 11.4 Å². The number of benzene rings is 2. The second-order valence-corrected chi connectivity index (χ2v) is 10.1. The number of ether oxygens (including phenoxy) is 2. The Labute approximate surface area is 231 Å². The zero-order chi connectivity index (χ0) is 26.2. The molecule has 0 saturated heterocycles. The number of nitro groups is 1. The van der Waals surface area contributed by atoms with Gasteiger partial charge >= 0.3 is 5.97 Å². The summed E-state index contributed by atoms with van der Waals surface area (Å²) in [6.07, 6.45) is 0. The fourth-order valence-corrected chi connectivity index (χ4v) is 5.62. The summed E-state index contributed by atoms with van der Waals surface area (Å²) >= 11 is 13.2. The molecule has 2 aromatic carbocycles. The molecule has 35 heavy (non-hydrogen) atoms. The number of carbonyl (C=O) groups is 4. The lowest BCUT2D eigenvalue weighted by Crippen LogP contribution is -2.44. The Bertz CT molecular complexity index is 1250. The van der Waals surface area contributed by atoms with Gasteiger partial charge in [0, 0.05) is 17.9 Å². The summed E-state index contributed by atoms with van der Waals surface area (Å²) in [5.74, 6) is -3.13. The molecule has 3 amide bonds. The molecule has 2 aromatic rings. The van der Waals surface area contributed by atoms with Crippen molar-refractivity contribution in [3.63, 3.8) is 0 Å². The van der Waals surface area contributed by atoms with Gasteiger partial charge in [0.05, 0.1) is 29.2 Å². The minimum absolute atomic E-state index is 0.0566. The lowest BCUT2D eigenvalue weighted by atomic mass is 10.1. The van der Waals surface area contributed by atoms with Crippen LogP contribution in [-0.4, -0.2) is 53.3 Å². The lowest BCUT2D eigenvalue weighted by molar-refractivity contribution is -0.384. The monoisotopic (exact) mass is 739 g/mol. The summed E-state index contributed by atoms with van der Waals surface area (Å²) in [6, 6.07) is 2.44. The maximum Gasteiger partial charge on any atom is 0.329 e. The number of imide groups is 1. The van der Waals surface area contributed by atoms with E-state index in [4.69, 9.17) is 9.47 Å². The average Bonchev–Trinajstić information content (AvgIpc) is 3.09. The number of nitrogens with one attached hydrogen (secondary N) is 1. The Morgan fingerprint density at radius 2 is 1.60 bits per heavy atom. The van der Waals surface area contributed by atoms with Gasteiger partial charge in [0.1, 0.15) is 17.5 Å². The maximum atomic E-state index is 13.0. The molecular weight excluding hydrogens is 730 g/mol. The van der Waals surface area contributed by atoms with Crippen LogP contribution in [0.25, 0.3) is 0 Å². The SMILES string of the molecule is COc1ccc(NC(=O)COC(=O)C(C)N2C(=O)c3c(Br)c(Br)c(Br)c(Br)c3C2=O)c([N+](=O)[O-])c1. The van der Waals surface area contributed by atoms with Gasteiger partial charge in [0.15, 0.2) is 6.61 Å². The van der Waals surface area contributed by atoms with Crippen molar-refractivity contribution < 1.29 is 33.6 Å². The number of hydrogen-bond donors (Lipinski definition) is 1. The molecule has 11 nitrogen and oxygen atoms in total. The molecule has 3 rings (SSSR count). The number of anilines is 1. The number of rotatable bonds is 7. The fraction of sp³-hybridized carbons (Fsp3) is 0.200. The van der Waals surface area contributed by atoms with Crippen molar-refractivity contribution in [2.75, 3.05) is 19.0 Å². The summed E-state index contributed by atoms with van der Waals surface area (Å²) in [5, 5.41) is 13.5. The first-order valence-electron chi connectivity index (χ1n) is 9.43. The Morgan fingerprint density at radius 1 is 1.06 bits per heavy atom. The number of esters is 1. The number of methoxy groups -OCH3 is 1.